The molecule has 90 valence electrons. The van der Waals surface area contributed by atoms with Crippen LogP contribution in [0.5, 0.6) is 0 Å². The van der Waals surface area contributed by atoms with Crippen molar-refractivity contribution in [2.45, 2.75) is 13.1 Å². The van der Waals surface area contributed by atoms with Crippen molar-refractivity contribution in [1.82, 2.24) is 4.90 Å². The van der Waals surface area contributed by atoms with Gasteiger partial charge in [0.2, 0.25) is 5.76 Å². The SMILES string of the molecule is CN(Cc1ccco1)Cc1ccc(C(=O)O)o1. The first-order valence-electron chi connectivity index (χ1n) is 5.18. The van der Waals surface area contributed by atoms with E-state index in [0.29, 0.717) is 18.8 Å². The molecule has 0 unspecified atom stereocenters. The first-order valence-corrected chi connectivity index (χ1v) is 5.18. The molecule has 0 saturated carbocycles. The van der Waals surface area contributed by atoms with E-state index in [1.54, 1.807) is 12.3 Å². The highest BCUT2D eigenvalue weighted by atomic mass is 16.4. The maximum atomic E-state index is 10.6. The van der Waals surface area contributed by atoms with Gasteiger partial charge < -0.3 is 13.9 Å². The van der Waals surface area contributed by atoms with E-state index in [-0.39, 0.29) is 5.76 Å². The molecule has 0 amide bonds. The van der Waals surface area contributed by atoms with Gasteiger partial charge in [-0.25, -0.2) is 4.79 Å². The Morgan fingerprint density at radius 2 is 2.06 bits per heavy atom. The molecular formula is C12H13NO4. The lowest BCUT2D eigenvalue weighted by Gasteiger charge is -2.12. The summed E-state index contributed by atoms with van der Waals surface area (Å²) in [4.78, 5) is 12.6. The lowest BCUT2D eigenvalue weighted by Crippen LogP contribution is -2.16. The number of nitrogens with zero attached hydrogens (tertiary/aromatic N) is 1. The van der Waals surface area contributed by atoms with Crippen LogP contribution in [-0.2, 0) is 13.1 Å². The van der Waals surface area contributed by atoms with Crippen LogP contribution in [-0.4, -0.2) is 23.0 Å². The Hall–Kier alpha value is -2.01. The Labute approximate surface area is 98.3 Å². The molecule has 0 saturated heterocycles. The lowest BCUT2D eigenvalue weighted by molar-refractivity contribution is 0.0658. The molecule has 0 radical (unpaired) electrons. The fraction of sp³-hybridized carbons (Fsp3) is 0.250. The molecule has 0 aromatic carbocycles. The highest BCUT2D eigenvalue weighted by Crippen LogP contribution is 2.12. The number of aromatic carboxylic acids is 1. The third-order valence-electron chi connectivity index (χ3n) is 2.30. The van der Waals surface area contributed by atoms with Gasteiger partial charge in [-0.2, -0.15) is 0 Å². The van der Waals surface area contributed by atoms with Gasteiger partial charge >= 0.3 is 5.97 Å². The molecule has 0 fully saturated rings. The summed E-state index contributed by atoms with van der Waals surface area (Å²) in [5.41, 5.74) is 0. The van der Waals surface area contributed by atoms with Crippen LogP contribution >= 0.6 is 0 Å². The van der Waals surface area contributed by atoms with E-state index in [4.69, 9.17) is 13.9 Å². The summed E-state index contributed by atoms with van der Waals surface area (Å²) in [7, 11) is 1.91. The van der Waals surface area contributed by atoms with Gasteiger partial charge in [0, 0.05) is 0 Å². The fourth-order valence-corrected chi connectivity index (χ4v) is 1.57. The third kappa shape index (κ3) is 2.98. The van der Waals surface area contributed by atoms with Crippen molar-refractivity contribution in [2.24, 2.45) is 0 Å². The van der Waals surface area contributed by atoms with Crippen molar-refractivity contribution in [3.63, 3.8) is 0 Å². The smallest absolute Gasteiger partial charge is 0.371 e. The Bertz CT molecular complexity index is 486. The van der Waals surface area contributed by atoms with E-state index in [0.717, 1.165) is 5.76 Å². The Morgan fingerprint density at radius 3 is 2.65 bits per heavy atom. The van der Waals surface area contributed by atoms with Crippen LogP contribution in [0, 0.1) is 0 Å². The largest absolute Gasteiger partial charge is 0.475 e. The van der Waals surface area contributed by atoms with E-state index in [1.165, 1.54) is 6.07 Å². The molecule has 0 spiro atoms. The van der Waals surface area contributed by atoms with Gasteiger partial charge in [0.1, 0.15) is 11.5 Å². The van der Waals surface area contributed by atoms with Crippen molar-refractivity contribution in [1.29, 1.82) is 0 Å². The predicted octanol–water partition coefficient (Wildman–Crippen LogP) is 2.20. The zero-order chi connectivity index (χ0) is 12.3. The van der Waals surface area contributed by atoms with Gasteiger partial charge in [-0.15, -0.1) is 0 Å². The number of furan rings is 2. The van der Waals surface area contributed by atoms with Crippen molar-refractivity contribution in [2.75, 3.05) is 7.05 Å². The monoisotopic (exact) mass is 235 g/mol. The summed E-state index contributed by atoms with van der Waals surface area (Å²) >= 11 is 0. The summed E-state index contributed by atoms with van der Waals surface area (Å²) < 4.78 is 10.4. The Balaban J connectivity index is 1.93. The number of rotatable bonds is 5. The van der Waals surface area contributed by atoms with Gasteiger partial charge in [0.25, 0.3) is 0 Å². The molecule has 0 aliphatic rings. The van der Waals surface area contributed by atoms with E-state index in [2.05, 4.69) is 0 Å². The average Bonchev–Trinajstić information content (AvgIpc) is 2.88. The zero-order valence-corrected chi connectivity index (χ0v) is 9.42. The second kappa shape index (κ2) is 4.88. The number of carboxylic acids is 1. The van der Waals surface area contributed by atoms with Crippen LogP contribution in [0.3, 0.4) is 0 Å². The van der Waals surface area contributed by atoms with E-state index in [9.17, 15) is 4.79 Å². The molecule has 5 heteroatoms. The minimum absolute atomic E-state index is 0.0357. The second-order valence-corrected chi connectivity index (χ2v) is 3.82. The Kier molecular flexibility index (Phi) is 3.30. The van der Waals surface area contributed by atoms with Crippen molar-refractivity contribution in [3.8, 4) is 0 Å². The number of hydrogen-bond acceptors (Lipinski definition) is 4. The number of carboxylic acid groups (broad SMARTS) is 1. The molecule has 0 aliphatic heterocycles. The summed E-state index contributed by atoms with van der Waals surface area (Å²) in [6.07, 6.45) is 1.62. The van der Waals surface area contributed by atoms with Gasteiger partial charge in [-0.05, 0) is 31.3 Å². The van der Waals surface area contributed by atoms with Crippen LogP contribution < -0.4 is 0 Å². The fourth-order valence-electron chi connectivity index (χ4n) is 1.57. The van der Waals surface area contributed by atoms with Gasteiger partial charge in [0.15, 0.2) is 0 Å². The maximum Gasteiger partial charge on any atom is 0.371 e. The van der Waals surface area contributed by atoms with Crippen molar-refractivity contribution in [3.05, 3.63) is 47.8 Å². The molecule has 0 aliphatic carbocycles. The van der Waals surface area contributed by atoms with Crippen LogP contribution in [0.25, 0.3) is 0 Å². The number of hydrogen-bond donors (Lipinski definition) is 1. The quantitative estimate of drug-likeness (QED) is 0.860. The second-order valence-electron chi connectivity index (χ2n) is 3.82. The van der Waals surface area contributed by atoms with Crippen LogP contribution in [0.4, 0.5) is 0 Å². The van der Waals surface area contributed by atoms with Crippen molar-refractivity contribution >= 4 is 5.97 Å². The van der Waals surface area contributed by atoms with E-state index < -0.39 is 5.97 Å². The molecule has 2 aromatic heterocycles. The molecule has 0 bridgehead atoms. The van der Waals surface area contributed by atoms with E-state index >= 15 is 0 Å². The van der Waals surface area contributed by atoms with Gasteiger partial charge in [-0.1, -0.05) is 0 Å². The molecule has 17 heavy (non-hydrogen) atoms. The minimum atomic E-state index is -1.05. The molecule has 2 aromatic rings. The summed E-state index contributed by atoms with van der Waals surface area (Å²) in [5, 5.41) is 8.72. The van der Waals surface area contributed by atoms with Gasteiger partial charge in [-0.3, -0.25) is 4.90 Å². The lowest BCUT2D eigenvalue weighted by atomic mass is 10.3. The van der Waals surface area contributed by atoms with Gasteiger partial charge in [0.05, 0.1) is 19.4 Å². The predicted molar refractivity (Wildman–Crippen MR) is 59.5 cm³/mol. The third-order valence-corrected chi connectivity index (χ3v) is 2.30. The first-order chi connectivity index (χ1) is 8.15. The maximum absolute atomic E-state index is 10.6. The normalized spacial score (nSPS) is 10.9. The highest BCUT2D eigenvalue weighted by molar-refractivity contribution is 5.84. The molecule has 5 nitrogen and oxygen atoms in total. The standard InChI is InChI=1S/C12H13NO4/c1-13(7-9-3-2-6-16-9)8-10-4-5-11(17-10)12(14)15/h2-6H,7-8H2,1H3,(H,14,15). The molecule has 1 N–H and O–H groups in total. The number of carbonyl (C=O) groups is 1. The molecule has 2 rings (SSSR count). The minimum Gasteiger partial charge on any atom is -0.475 e. The summed E-state index contributed by atoms with van der Waals surface area (Å²) in [6, 6.07) is 6.85. The first kappa shape index (κ1) is 11.5. The topological polar surface area (TPSA) is 66.8 Å². The van der Waals surface area contributed by atoms with Crippen LogP contribution in [0.15, 0.2) is 39.4 Å². The summed E-state index contributed by atoms with van der Waals surface area (Å²) in [5.74, 6) is 0.394. The molecule has 0 atom stereocenters. The molecular weight excluding hydrogens is 222 g/mol. The van der Waals surface area contributed by atoms with Crippen molar-refractivity contribution < 1.29 is 18.7 Å². The van der Waals surface area contributed by atoms with E-state index in [1.807, 2.05) is 24.1 Å². The van der Waals surface area contributed by atoms with Crippen LogP contribution in [0.2, 0.25) is 0 Å². The average molecular weight is 235 g/mol. The highest BCUT2D eigenvalue weighted by Gasteiger charge is 2.11. The Morgan fingerprint density at radius 1 is 1.29 bits per heavy atom. The molecule has 2 heterocycles. The zero-order valence-electron chi connectivity index (χ0n) is 9.42. The van der Waals surface area contributed by atoms with Crippen LogP contribution in [0.1, 0.15) is 22.1 Å². The summed E-state index contributed by atoms with van der Waals surface area (Å²) in [6.45, 7) is 1.18.